The molecule has 0 aromatic heterocycles. The Morgan fingerprint density at radius 2 is 1.74 bits per heavy atom. The number of carbonyl (C=O) groups excluding carboxylic acids is 1. The largest absolute Gasteiger partial charge is 0.366 e. The lowest BCUT2D eigenvalue weighted by Gasteiger charge is -2.06. The van der Waals surface area contributed by atoms with E-state index in [1.165, 1.54) is 11.1 Å². The Labute approximate surface area is 113 Å². The SMILES string of the molecule is Cc1cccc(CNCc2ccc(C(N)=O)cc2)c1. The minimum Gasteiger partial charge on any atom is -0.366 e. The highest BCUT2D eigenvalue weighted by Gasteiger charge is 1.99. The lowest BCUT2D eigenvalue weighted by atomic mass is 10.1. The van der Waals surface area contributed by atoms with Crippen molar-refractivity contribution >= 4 is 5.91 Å². The molecule has 1 amide bonds. The molecule has 0 saturated carbocycles. The first-order valence-corrected chi connectivity index (χ1v) is 6.30. The van der Waals surface area contributed by atoms with Gasteiger partial charge in [0.05, 0.1) is 0 Å². The zero-order valence-corrected chi connectivity index (χ0v) is 11.0. The van der Waals surface area contributed by atoms with E-state index in [1.54, 1.807) is 12.1 Å². The van der Waals surface area contributed by atoms with Crippen LogP contribution in [0.15, 0.2) is 48.5 Å². The highest BCUT2D eigenvalue weighted by Crippen LogP contribution is 2.06. The van der Waals surface area contributed by atoms with Gasteiger partial charge in [-0.15, -0.1) is 0 Å². The van der Waals surface area contributed by atoms with Gasteiger partial charge in [-0.3, -0.25) is 4.79 Å². The van der Waals surface area contributed by atoms with E-state index in [0.29, 0.717) is 5.56 Å². The van der Waals surface area contributed by atoms with E-state index in [1.807, 2.05) is 12.1 Å². The Bertz CT molecular complexity index is 561. The van der Waals surface area contributed by atoms with Gasteiger partial charge in [0.15, 0.2) is 0 Å². The molecular formula is C16H18N2O. The first-order chi connectivity index (χ1) is 9.15. The van der Waals surface area contributed by atoms with Crippen molar-refractivity contribution in [2.75, 3.05) is 0 Å². The fraction of sp³-hybridized carbons (Fsp3) is 0.188. The molecule has 3 nitrogen and oxygen atoms in total. The Morgan fingerprint density at radius 3 is 2.37 bits per heavy atom. The summed E-state index contributed by atoms with van der Waals surface area (Å²) in [5.74, 6) is -0.390. The maximum absolute atomic E-state index is 10.9. The van der Waals surface area contributed by atoms with E-state index >= 15 is 0 Å². The van der Waals surface area contributed by atoms with E-state index in [0.717, 1.165) is 18.7 Å². The summed E-state index contributed by atoms with van der Waals surface area (Å²) in [5.41, 5.74) is 9.42. The van der Waals surface area contributed by atoms with Gasteiger partial charge in [0.2, 0.25) is 5.91 Å². The molecule has 0 atom stereocenters. The van der Waals surface area contributed by atoms with Crippen LogP contribution in [-0.2, 0) is 13.1 Å². The van der Waals surface area contributed by atoms with Crippen molar-refractivity contribution in [1.29, 1.82) is 0 Å². The molecule has 19 heavy (non-hydrogen) atoms. The number of hydrogen-bond acceptors (Lipinski definition) is 2. The summed E-state index contributed by atoms with van der Waals surface area (Å²) < 4.78 is 0. The fourth-order valence-corrected chi connectivity index (χ4v) is 1.96. The second kappa shape index (κ2) is 6.16. The van der Waals surface area contributed by atoms with Gasteiger partial charge in [0.25, 0.3) is 0 Å². The number of carbonyl (C=O) groups is 1. The third-order valence-corrected chi connectivity index (χ3v) is 2.98. The van der Waals surface area contributed by atoms with Crippen molar-refractivity contribution in [2.45, 2.75) is 20.0 Å². The predicted octanol–water partition coefficient (Wildman–Crippen LogP) is 2.38. The lowest BCUT2D eigenvalue weighted by Crippen LogP contribution is -2.14. The molecule has 0 spiro atoms. The second-order valence-corrected chi connectivity index (χ2v) is 4.65. The monoisotopic (exact) mass is 254 g/mol. The predicted molar refractivity (Wildman–Crippen MR) is 76.7 cm³/mol. The van der Waals surface area contributed by atoms with E-state index in [9.17, 15) is 4.79 Å². The quantitative estimate of drug-likeness (QED) is 0.860. The van der Waals surface area contributed by atoms with Crippen molar-refractivity contribution in [2.24, 2.45) is 5.73 Å². The molecule has 0 heterocycles. The lowest BCUT2D eigenvalue weighted by molar-refractivity contribution is 0.100. The summed E-state index contributed by atoms with van der Waals surface area (Å²) in [6.45, 7) is 3.69. The summed E-state index contributed by atoms with van der Waals surface area (Å²) in [5, 5.41) is 3.38. The topological polar surface area (TPSA) is 55.1 Å². The number of aryl methyl sites for hydroxylation is 1. The third-order valence-electron chi connectivity index (χ3n) is 2.98. The van der Waals surface area contributed by atoms with Crippen molar-refractivity contribution in [3.63, 3.8) is 0 Å². The summed E-state index contributed by atoms with van der Waals surface area (Å²) in [6.07, 6.45) is 0. The smallest absolute Gasteiger partial charge is 0.248 e. The van der Waals surface area contributed by atoms with Crippen molar-refractivity contribution in [3.05, 3.63) is 70.8 Å². The maximum atomic E-state index is 10.9. The van der Waals surface area contributed by atoms with Crippen molar-refractivity contribution in [3.8, 4) is 0 Å². The van der Waals surface area contributed by atoms with Crippen LogP contribution < -0.4 is 11.1 Å². The Balaban J connectivity index is 1.87. The van der Waals surface area contributed by atoms with Crippen molar-refractivity contribution < 1.29 is 4.79 Å². The number of primary amides is 1. The van der Waals surface area contributed by atoms with Gasteiger partial charge in [0, 0.05) is 18.7 Å². The van der Waals surface area contributed by atoms with Crippen LogP contribution in [0.3, 0.4) is 0 Å². The zero-order chi connectivity index (χ0) is 13.7. The zero-order valence-electron chi connectivity index (χ0n) is 11.0. The number of benzene rings is 2. The molecule has 0 bridgehead atoms. The summed E-state index contributed by atoms with van der Waals surface area (Å²) in [4.78, 5) is 10.9. The molecule has 0 radical (unpaired) electrons. The van der Waals surface area contributed by atoms with Crippen LogP contribution in [0.4, 0.5) is 0 Å². The number of nitrogens with two attached hydrogens (primary N) is 1. The first-order valence-electron chi connectivity index (χ1n) is 6.30. The van der Waals surface area contributed by atoms with Crippen LogP contribution in [0.25, 0.3) is 0 Å². The number of hydrogen-bond donors (Lipinski definition) is 2. The van der Waals surface area contributed by atoms with Crippen molar-refractivity contribution in [1.82, 2.24) is 5.32 Å². The van der Waals surface area contributed by atoms with Gasteiger partial charge in [-0.05, 0) is 30.2 Å². The van der Waals surface area contributed by atoms with Crippen LogP contribution in [0.5, 0.6) is 0 Å². The van der Waals surface area contributed by atoms with E-state index in [-0.39, 0.29) is 5.91 Å². The molecule has 2 aromatic rings. The molecule has 0 aliphatic heterocycles. The van der Waals surface area contributed by atoms with Gasteiger partial charge < -0.3 is 11.1 Å². The molecule has 0 unspecified atom stereocenters. The summed E-state index contributed by atoms with van der Waals surface area (Å²) >= 11 is 0. The minimum atomic E-state index is -0.390. The molecule has 3 heteroatoms. The fourth-order valence-electron chi connectivity index (χ4n) is 1.96. The van der Waals surface area contributed by atoms with E-state index in [4.69, 9.17) is 5.73 Å². The highest BCUT2D eigenvalue weighted by molar-refractivity contribution is 5.92. The van der Waals surface area contributed by atoms with E-state index in [2.05, 4.69) is 36.5 Å². The van der Waals surface area contributed by atoms with Crippen LogP contribution in [0, 0.1) is 6.92 Å². The van der Waals surface area contributed by atoms with E-state index < -0.39 is 0 Å². The molecule has 3 N–H and O–H groups in total. The molecular weight excluding hydrogens is 236 g/mol. The van der Waals surface area contributed by atoms with Crippen LogP contribution in [-0.4, -0.2) is 5.91 Å². The average Bonchev–Trinajstić information content (AvgIpc) is 2.39. The Morgan fingerprint density at radius 1 is 1.05 bits per heavy atom. The first kappa shape index (κ1) is 13.3. The Kier molecular flexibility index (Phi) is 4.31. The Hall–Kier alpha value is -2.13. The molecule has 0 fully saturated rings. The molecule has 0 aliphatic carbocycles. The van der Waals surface area contributed by atoms with Gasteiger partial charge >= 0.3 is 0 Å². The second-order valence-electron chi connectivity index (χ2n) is 4.65. The van der Waals surface area contributed by atoms with Gasteiger partial charge in [-0.25, -0.2) is 0 Å². The molecule has 98 valence electrons. The van der Waals surface area contributed by atoms with Crippen LogP contribution in [0.1, 0.15) is 27.0 Å². The highest BCUT2D eigenvalue weighted by atomic mass is 16.1. The number of amides is 1. The molecule has 0 aliphatic rings. The molecule has 0 saturated heterocycles. The standard InChI is InChI=1S/C16H18N2O/c1-12-3-2-4-14(9-12)11-18-10-13-5-7-15(8-6-13)16(17)19/h2-9,18H,10-11H2,1H3,(H2,17,19). The summed E-state index contributed by atoms with van der Waals surface area (Å²) in [6, 6.07) is 15.8. The van der Waals surface area contributed by atoms with Gasteiger partial charge in [-0.2, -0.15) is 0 Å². The summed E-state index contributed by atoms with van der Waals surface area (Å²) in [7, 11) is 0. The van der Waals surface area contributed by atoms with Gasteiger partial charge in [0.1, 0.15) is 0 Å². The normalized spacial score (nSPS) is 10.4. The van der Waals surface area contributed by atoms with Crippen LogP contribution in [0.2, 0.25) is 0 Å². The molecule has 2 rings (SSSR count). The minimum absolute atomic E-state index is 0.390. The van der Waals surface area contributed by atoms with Crippen LogP contribution >= 0.6 is 0 Å². The third kappa shape index (κ3) is 3.93. The average molecular weight is 254 g/mol. The number of nitrogens with one attached hydrogen (secondary N) is 1. The number of rotatable bonds is 5. The van der Waals surface area contributed by atoms with Gasteiger partial charge in [-0.1, -0.05) is 42.0 Å². The molecule has 2 aromatic carbocycles. The maximum Gasteiger partial charge on any atom is 0.248 e.